The third-order valence-electron chi connectivity index (χ3n) is 5.77. The fourth-order valence-corrected chi connectivity index (χ4v) is 4.71. The van der Waals surface area contributed by atoms with Crippen LogP contribution >= 0.6 is 0 Å². The summed E-state index contributed by atoms with van der Waals surface area (Å²) >= 11 is 0. The van der Waals surface area contributed by atoms with Crippen LogP contribution in [0.3, 0.4) is 0 Å². The van der Waals surface area contributed by atoms with Gasteiger partial charge in [-0.25, -0.2) is 26.8 Å². The van der Waals surface area contributed by atoms with E-state index in [4.69, 9.17) is 9.15 Å². The Morgan fingerprint density at radius 2 is 1.77 bits per heavy atom. The minimum atomic E-state index is -5.05. The molecule has 0 saturated carbocycles. The monoisotopic (exact) mass is 591 g/mol. The number of nitrogens with zero attached hydrogens (tertiary/aromatic N) is 2. The number of amides is 1. The van der Waals surface area contributed by atoms with Crippen LogP contribution in [0.2, 0.25) is 0 Å². The van der Waals surface area contributed by atoms with Gasteiger partial charge in [-0.3, -0.25) is 4.72 Å². The number of alkyl halides is 3. The second kappa shape index (κ2) is 11.8. The molecule has 15 heteroatoms. The maximum atomic E-state index is 15.3. The molecule has 0 radical (unpaired) electrons. The summed E-state index contributed by atoms with van der Waals surface area (Å²) < 4.78 is 104. The number of sulfonamides is 1. The minimum Gasteiger partial charge on any atom is -0.422 e. The molecule has 40 heavy (non-hydrogen) atoms. The Hall–Kier alpha value is -3.72. The van der Waals surface area contributed by atoms with Gasteiger partial charge in [-0.2, -0.15) is 13.2 Å². The van der Waals surface area contributed by atoms with Crippen LogP contribution in [-0.2, 0) is 23.0 Å². The SMILES string of the molecule is CCN(C)Cc1c(Cc2cccc(NS(=O)(=O)CC(F)(F)F)c2F)c(=O)oc2cc(OC(=O)N(C)C)c(F)cc12. The molecule has 9 nitrogen and oxygen atoms in total. The summed E-state index contributed by atoms with van der Waals surface area (Å²) in [6, 6.07) is 5.42. The van der Waals surface area contributed by atoms with E-state index in [2.05, 4.69) is 0 Å². The van der Waals surface area contributed by atoms with Gasteiger partial charge in [0, 0.05) is 44.1 Å². The van der Waals surface area contributed by atoms with Gasteiger partial charge in [0.2, 0.25) is 10.0 Å². The zero-order chi connectivity index (χ0) is 30.0. The zero-order valence-corrected chi connectivity index (χ0v) is 22.7. The predicted molar refractivity (Wildman–Crippen MR) is 137 cm³/mol. The van der Waals surface area contributed by atoms with Gasteiger partial charge in [0.05, 0.1) is 5.69 Å². The van der Waals surface area contributed by atoms with Crippen molar-refractivity contribution in [2.75, 3.05) is 38.2 Å². The van der Waals surface area contributed by atoms with Crippen molar-refractivity contribution in [3.63, 3.8) is 0 Å². The highest BCUT2D eigenvalue weighted by Gasteiger charge is 2.35. The Morgan fingerprint density at radius 3 is 2.38 bits per heavy atom. The van der Waals surface area contributed by atoms with Gasteiger partial charge in [-0.1, -0.05) is 19.1 Å². The van der Waals surface area contributed by atoms with E-state index in [0.717, 1.165) is 23.1 Å². The molecule has 0 aliphatic carbocycles. The molecule has 0 fully saturated rings. The molecule has 0 bridgehead atoms. The van der Waals surface area contributed by atoms with Gasteiger partial charge in [-0.15, -0.1) is 0 Å². The highest BCUT2D eigenvalue weighted by Crippen LogP contribution is 2.31. The predicted octanol–water partition coefficient (Wildman–Crippen LogP) is 4.48. The second-order valence-corrected chi connectivity index (χ2v) is 10.9. The van der Waals surface area contributed by atoms with E-state index in [1.165, 1.54) is 26.2 Å². The van der Waals surface area contributed by atoms with Crippen molar-refractivity contribution in [1.29, 1.82) is 0 Å². The number of carbonyl (C=O) groups is 1. The average molecular weight is 592 g/mol. The molecule has 0 unspecified atom stereocenters. The van der Waals surface area contributed by atoms with E-state index in [1.807, 2.05) is 6.92 Å². The van der Waals surface area contributed by atoms with Crippen molar-refractivity contribution in [1.82, 2.24) is 9.80 Å². The number of halogens is 5. The maximum absolute atomic E-state index is 15.3. The third kappa shape index (κ3) is 7.47. The molecule has 3 rings (SSSR count). The quantitative estimate of drug-likeness (QED) is 0.289. The number of carbonyl (C=O) groups excluding carboxylic acids is 1. The molecule has 2 aromatic carbocycles. The number of fused-ring (bicyclic) bond motifs is 1. The number of ether oxygens (including phenoxy) is 1. The highest BCUT2D eigenvalue weighted by atomic mass is 32.2. The highest BCUT2D eigenvalue weighted by molar-refractivity contribution is 7.92. The van der Waals surface area contributed by atoms with Gasteiger partial charge in [0.25, 0.3) is 0 Å². The van der Waals surface area contributed by atoms with E-state index in [0.29, 0.717) is 6.54 Å². The van der Waals surface area contributed by atoms with Crippen LogP contribution < -0.4 is 15.1 Å². The summed E-state index contributed by atoms with van der Waals surface area (Å²) in [4.78, 5) is 27.8. The van der Waals surface area contributed by atoms with Gasteiger partial charge < -0.3 is 19.0 Å². The van der Waals surface area contributed by atoms with Crippen LogP contribution in [0, 0.1) is 11.6 Å². The molecular formula is C25H26F5N3O6S. The Kier molecular flexibility index (Phi) is 9.09. The van der Waals surface area contributed by atoms with Crippen LogP contribution in [0.15, 0.2) is 39.5 Å². The maximum Gasteiger partial charge on any atom is 0.414 e. The molecular weight excluding hydrogens is 565 g/mol. The lowest BCUT2D eigenvalue weighted by molar-refractivity contribution is -0.106. The Bertz CT molecular complexity index is 1590. The molecule has 0 spiro atoms. The normalized spacial score (nSPS) is 12.2. The fourth-order valence-electron chi connectivity index (χ4n) is 3.71. The smallest absolute Gasteiger partial charge is 0.414 e. The van der Waals surface area contributed by atoms with Crippen LogP contribution in [0.4, 0.5) is 32.4 Å². The first-order valence-corrected chi connectivity index (χ1v) is 13.4. The number of hydrogen-bond donors (Lipinski definition) is 1. The number of nitrogens with one attached hydrogen (secondary N) is 1. The lowest BCUT2D eigenvalue weighted by atomic mass is 9.97. The molecule has 1 amide bonds. The number of rotatable bonds is 9. The first-order chi connectivity index (χ1) is 18.5. The van der Waals surface area contributed by atoms with Gasteiger partial charge in [0.15, 0.2) is 23.1 Å². The van der Waals surface area contributed by atoms with Crippen LogP contribution in [0.25, 0.3) is 11.0 Å². The minimum absolute atomic E-state index is 0.0839. The molecule has 1 heterocycles. The number of hydrogen-bond acceptors (Lipinski definition) is 7. The Balaban J connectivity index is 2.11. The number of anilines is 1. The standard InChI is InChI=1S/C25H26F5N3O6S/c1-5-33(4)12-17-15-10-18(26)21(39-24(35)32(2)3)11-20(15)38-23(34)16(17)9-14-7-6-8-19(22(14)27)31-40(36,37)13-25(28,29)30/h6-8,10-11,31H,5,9,12-13H2,1-4H3. The Morgan fingerprint density at radius 1 is 1.10 bits per heavy atom. The summed E-state index contributed by atoms with van der Waals surface area (Å²) in [7, 11) is -0.480. The number of benzene rings is 2. The van der Waals surface area contributed by atoms with Gasteiger partial charge in [0.1, 0.15) is 5.58 Å². The van der Waals surface area contributed by atoms with E-state index < -0.39 is 63.2 Å². The fraction of sp³-hybridized carbons (Fsp3) is 0.360. The topological polar surface area (TPSA) is 109 Å². The van der Waals surface area contributed by atoms with Crippen LogP contribution in [0.5, 0.6) is 5.75 Å². The van der Waals surface area contributed by atoms with E-state index in [-0.39, 0.29) is 34.2 Å². The van der Waals surface area contributed by atoms with Crippen molar-refractivity contribution < 1.29 is 44.3 Å². The Labute approximate surface area is 226 Å². The van der Waals surface area contributed by atoms with E-state index in [9.17, 15) is 35.6 Å². The lowest BCUT2D eigenvalue weighted by Gasteiger charge is -2.19. The second-order valence-electron chi connectivity index (χ2n) is 9.15. The molecule has 3 aromatic rings. The summed E-state index contributed by atoms with van der Waals surface area (Å²) in [5.41, 5.74) is -1.81. The molecule has 1 aromatic heterocycles. The van der Waals surface area contributed by atoms with Gasteiger partial charge >= 0.3 is 17.9 Å². The molecule has 1 N–H and O–H groups in total. The molecule has 0 aliphatic heterocycles. The summed E-state index contributed by atoms with van der Waals surface area (Å²) in [6.45, 7) is 2.42. The van der Waals surface area contributed by atoms with Crippen LogP contribution in [-0.4, -0.2) is 63.9 Å². The van der Waals surface area contributed by atoms with Gasteiger partial charge in [-0.05, 0) is 36.9 Å². The van der Waals surface area contributed by atoms with Crippen molar-refractivity contribution in [2.45, 2.75) is 26.1 Å². The average Bonchev–Trinajstić information content (AvgIpc) is 2.82. The van der Waals surface area contributed by atoms with E-state index >= 15 is 4.39 Å². The molecule has 0 saturated heterocycles. The first kappa shape index (κ1) is 30.8. The molecule has 218 valence electrons. The molecule has 0 aliphatic rings. The van der Waals surface area contributed by atoms with E-state index in [1.54, 1.807) is 16.7 Å². The largest absolute Gasteiger partial charge is 0.422 e. The molecule has 0 atom stereocenters. The third-order valence-corrected chi connectivity index (χ3v) is 7.01. The van der Waals surface area contributed by atoms with Crippen molar-refractivity contribution in [2.24, 2.45) is 0 Å². The van der Waals surface area contributed by atoms with Crippen molar-refractivity contribution >= 4 is 32.8 Å². The van der Waals surface area contributed by atoms with Crippen molar-refractivity contribution in [3.05, 3.63) is 69.1 Å². The summed E-state index contributed by atoms with van der Waals surface area (Å²) in [5.74, 6) is -4.83. The van der Waals surface area contributed by atoms with Crippen molar-refractivity contribution in [3.8, 4) is 5.75 Å². The lowest BCUT2D eigenvalue weighted by Crippen LogP contribution is -2.28. The summed E-state index contributed by atoms with van der Waals surface area (Å²) in [6.07, 6.45) is -6.38. The summed E-state index contributed by atoms with van der Waals surface area (Å²) in [5, 5.41) is 0.138. The first-order valence-electron chi connectivity index (χ1n) is 11.7. The zero-order valence-electron chi connectivity index (χ0n) is 21.9. The van der Waals surface area contributed by atoms with Crippen LogP contribution in [0.1, 0.15) is 23.6 Å².